The van der Waals surface area contributed by atoms with Crippen LogP contribution in [0, 0.1) is 22.2 Å². The van der Waals surface area contributed by atoms with Gasteiger partial charge in [-0.1, -0.05) is 40.0 Å². The van der Waals surface area contributed by atoms with Crippen molar-refractivity contribution in [3.63, 3.8) is 0 Å². The van der Waals surface area contributed by atoms with Crippen molar-refractivity contribution in [2.45, 2.75) is 59.3 Å². The van der Waals surface area contributed by atoms with E-state index in [0.717, 1.165) is 38.5 Å². The summed E-state index contributed by atoms with van der Waals surface area (Å²) >= 11 is 0. The average Bonchev–Trinajstić information content (AvgIpc) is 2.37. The molecule has 0 atom stereocenters. The predicted molar refractivity (Wildman–Crippen MR) is 68.2 cm³/mol. The van der Waals surface area contributed by atoms with Crippen molar-refractivity contribution in [2.75, 3.05) is 6.54 Å². The lowest BCUT2D eigenvalue weighted by Gasteiger charge is -2.31. The van der Waals surface area contributed by atoms with Crippen molar-refractivity contribution < 1.29 is 4.79 Å². The largest absolute Gasteiger partial charge is 0.354 e. The molecule has 1 saturated carbocycles. The molecule has 1 fully saturated rings. The van der Waals surface area contributed by atoms with E-state index in [1.807, 2.05) is 0 Å². The highest BCUT2D eigenvalue weighted by Gasteiger charge is 2.40. The van der Waals surface area contributed by atoms with Gasteiger partial charge in [0.25, 0.3) is 0 Å². The molecule has 1 aliphatic rings. The van der Waals surface area contributed by atoms with E-state index >= 15 is 0 Å². The topological polar surface area (TPSA) is 52.9 Å². The normalized spacial score (nSPS) is 19.4. The van der Waals surface area contributed by atoms with Crippen LogP contribution in [0.3, 0.4) is 0 Å². The highest BCUT2D eigenvalue weighted by Crippen LogP contribution is 2.36. The van der Waals surface area contributed by atoms with Crippen LogP contribution in [0.1, 0.15) is 59.3 Å². The van der Waals surface area contributed by atoms with Crippen LogP contribution in [0.4, 0.5) is 0 Å². The molecule has 3 heteroatoms. The van der Waals surface area contributed by atoms with Crippen LogP contribution in [0.2, 0.25) is 0 Å². The van der Waals surface area contributed by atoms with Gasteiger partial charge in [-0.2, -0.15) is 5.26 Å². The van der Waals surface area contributed by atoms with E-state index in [-0.39, 0.29) is 11.3 Å². The molecular weight excluding hydrogens is 212 g/mol. The van der Waals surface area contributed by atoms with E-state index < -0.39 is 5.41 Å². The third-order valence-corrected chi connectivity index (χ3v) is 4.04. The Morgan fingerprint density at radius 1 is 1.35 bits per heavy atom. The maximum absolute atomic E-state index is 12.2. The predicted octanol–water partition coefficient (Wildman–Crippen LogP) is 3.01. The Balaban J connectivity index is 2.59. The van der Waals surface area contributed by atoms with Crippen molar-refractivity contribution in [1.29, 1.82) is 5.26 Å². The lowest BCUT2D eigenvalue weighted by atomic mass is 9.74. The highest BCUT2D eigenvalue weighted by atomic mass is 16.2. The minimum atomic E-state index is -0.748. The van der Waals surface area contributed by atoms with E-state index in [2.05, 4.69) is 32.2 Å². The first-order chi connectivity index (χ1) is 7.96. The average molecular weight is 236 g/mol. The van der Waals surface area contributed by atoms with Gasteiger partial charge >= 0.3 is 0 Å². The van der Waals surface area contributed by atoms with Gasteiger partial charge in [-0.25, -0.2) is 0 Å². The first-order valence-corrected chi connectivity index (χ1v) is 6.65. The molecule has 0 bridgehead atoms. The van der Waals surface area contributed by atoms with Crippen molar-refractivity contribution in [2.24, 2.45) is 10.8 Å². The fourth-order valence-electron chi connectivity index (χ4n) is 2.16. The summed E-state index contributed by atoms with van der Waals surface area (Å²) in [6.07, 6.45) is 5.62. The highest BCUT2D eigenvalue weighted by molar-refractivity contribution is 5.85. The van der Waals surface area contributed by atoms with E-state index in [0.29, 0.717) is 6.54 Å². The molecule has 0 aromatic heterocycles. The molecule has 0 unspecified atom stereocenters. The van der Waals surface area contributed by atoms with Gasteiger partial charge in [-0.15, -0.1) is 0 Å². The minimum Gasteiger partial charge on any atom is -0.354 e. The summed E-state index contributed by atoms with van der Waals surface area (Å²) in [6, 6.07) is 2.26. The summed E-state index contributed by atoms with van der Waals surface area (Å²) in [6.45, 7) is 7.04. The number of amides is 1. The number of nitrogens with zero attached hydrogens (tertiary/aromatic N) is 1. The molecule has 0 aromatic rings. The number of hydrogen-bond donors (Lipinski definition) is 1. The Morgan fingerprint density at radius 3 is 2.41 bits per heavy atom. The quantitative estimate of drug-likeness (QED) is 0.815. The fourth-order valence-corrected chi connectivity index (χ4v) is 2.16. The molecule has 3 nitrogen and oxygen atoms in total. The summed E-state index contributed by atoms with van der Waals surface area (Å²) in [5, 5.41) is 12.3. The van der Waals surface area contributed by atoms with E-state index in [1.165, 1.54) is 0 Å². The maximum atomic E-state index is 12.2. The Kier molecular flexibility index (Phi) is 4.56. The molecule has 0 saturated heterocycles. The second-order valence-electron chi connectivity index (χ2n) is 5.96. The van der Waals surface area contributed by atoms with E-state index in [9.17, 15) is 10.1 Å². The molecule has 0 radical (unpaired) electrons. The first kappa shape index (κ1) is 14.0. The van der Waals surface area contributed by atoms with E-state index in [4.69, 9.17) is 0 Å². The molecule has 0 heterocycles. The number of rotatable bonds is 4. The molecule has 0 aromatic carbocycles. The van der Waals surface area contributed by atoms with Gasteiger partial charge in [0.2, 0.25) is 5.91 Å². The number of hydrogen-bond acceptors (Lipinski definition) is 2. The van der Waals surface area contributed by atoms with Crippen LogP contribution in [0.5, 0.6) is 0 Å². The Labute approximate surface area is 105 Å². The second-order valence-corrected chi connectivity index (χ2v) is 5.96. The number of nitrogens with one attached hydrogen (secondary N) is 1. The molecule has 1 rings (SSSR count). The number of carbonyl (C=O) groups is 1. The van der Waals surface area contributed by atoms with Crippen LogP contribution < -0.4 is 5.32 Å². The van der Waals surface area contributed by atoms with Gasteiger partial charge in [0, 0.05) is 6.54 Å². The number of carbonyl (C=O) groups excluding carboxylic acids is 1. The summed E-state index contributed by atoms with van der Waals surface area (Å²) in [5.74, 6) is -0.0544. The molecule has 0 spiro atoms. The smallest absolute Gasteiger partial charge is 0.240 e. The Bertz CT molecular complexity index is 309. The van der Waals surface area contributed by atoms with Crippen molar-refractivity contribution in [1.82, 2.24) is 5.32 Å². The Hall–Kier alpha value is -1.04. The summed E-state index contributed by atoms with van der Waals surface area (Å²) in [4.78, 5) is 12.2. The van der Waals surface area contributed by atoms with Gasteiger partial charge in [-0.3, -0.25) is 4.79 Å². The zero-order valence-electron chi connectivity index (χ0n) is 11.3. The number of nitriles is 1. The molecule has 1 N–H and O–H groups in total. The van der Waals surface area contributed by atoms with Gasteiger partial charge in [0.15, 0.2) is 0 Å². The molecular formula is C14H24N2O. The van der Waals surface area contributed by atoms with Crippen molar-refractivity contribution >= 4 is 5.91 Å². The van der Waals surface area contributed by atoms with Gasteiger partial charge in [0.1, 0.15) is 5.41 Å². The van der Waals surface area contributed by atoms with Crippen LogP contribution in [-0.4, -0.2) is 12.5 Å². The van der Waals surface area contributed by atoms with Crippen LogP contribution in [-0.2, 0) is 4.79 Å². The van der Waals surface area contributed by atoms with Crippen molar-refractivity contribution in [3.05, 3.63) is 0 Å². The van der Waals surface area contributed by atoms with Gasteiger partial charge in [-0.05, 0) is 24.7 Å². The molecule has 0 aliphatic heterocycles. The lowest BCUT2D eigenvalue weighted by Crippen LogP contribution is -2.44. The molecule has 1 amide bonds. The molecule has 1 aliphatic carbocycles. The van der Waals surface area contributed by atoms with Crippen LogP contribution in [0.25, 0.3) is 0 Å². The minimum absolute atomic E-state index is 0.0544. The molecule has 96 valence electrons. The first-order valence-electron chi connectivity index (χ1n) is 6.65. The third-order valence-electron chi connectivity index (χ3n) is 4.04. The van der Waals surface area contributed by atoms with Crippen molar-refractivity contribution in [3.8, 4) is 6.07 Å². The Morgan fingerprint density at radius 2 is 1.94 bits per heavy atom. The monoisotopic (exact) mass is 236 g/mol. The van der Waals surface area contributed by atoms with Crippen LogP contribution in [0.15, 0.2) is 0 Å². The van der Waals surface area contributed by atoms with Gasteiger partial charge < -0.3 is 5.32 Å². The summed E-state index contributed by atoms with van der Waals surface area (Å²) in [7, 11) is 0. The van der Waals surface area contributed by atoms with Crippen LogP contribution >= 0.6 is 0 Å². The molecule has 17 heavy (non-hydrogen) atoms. The van der Waals surface area contributed by atoms with E-state index in [1.54, 1.807) is 0 Å². The zero-order chi connectivity index (χ0) is 12.9. The SMILES string of the molecule is CCC(C)(C)CNC(=O)C1(C#N)CCCCC1. The van der Waals surface area contributed by atoms with Gasteiger partial charge in [0.05, 0.1) is 6.07 Å². The maximum Gasteiger partial charge on any atom is 0.240 e. The second kappa shape index (κ2) is 5.53. The fraction of sp³-hybridized carbons (Fsp3) is 0.857. The standard InChI is InChI=1S/C14H24N2O/c1-4-13(2,3)11-16-12(17)14(10-15)8-6-5-7-9-14/h4-9,11H2,1-3H3,(H,16,17). The zero-order valence-corrected chi connectivity index (χ0v) is 11.3. The third kappa shape index (κ3) is 3.46. The summed E-state index contributed by atoms with van der Waals surface area (Å²) < 4.78 is 0. The summed E-state index contributed by atoms with van der Waals surface area (Å²) in [5.41, 5.74) is -0.636. The lowest BCUT2D eigenvalue weighted by molar-refractivity contribution is -0.130.